The number of nitriles is 1. The van der Waals surface area contributed by atoms with E-state index in [0.29, 0.717) is 29.6 Å². The van der Waals surface area contributed by atoms with Crippen LogP contribution in [0.15, 0.2) is 35.5 Å². The van der Waals surface area contributed by atoms with E-state index in [9.17, 15) is 10.1 Å². The van der Waals surface area contributed by atoms with Gasteiger partial charge in [-0.05, 0) is 42.3 Å². The predicted molar refractivity (Wildman–Crippen MR) is 107 cm³/mol. The summed E-state index contributed by atoms with van der Waals surface area (Å²) in [7, 11) is 0. The van der Waals surface area contributed by atoms with Crippen LogP contribution in [0, 0.1) is 25.2 Å². The zero-order valence-electron chi connectivity index (χ0n) is 16.0. The van der Waals surface area contributed by atoms with Crippen molar-refractivity contribution < 1.29 is 4.79 Å². The highest BCUT2D eigenvalue weighted by Gasteiger charge is 2.20. The number of aromatic nitrogens is 5. The van der Waals surface area contributed by atoms with Gasteiger partial charge in [0.15, 0.2) is 0 Å². The van der Waals surface area contributed by atoms with Crippen molar-refractivity contribution in [1.29, 1.82) is 5.26 Å². The molecule has 2 heterocycles. The zero-order chi connectivity index (χ0) is 20.1. The van der Waals surface area contributed by atoms with Crippen molar-refractivity contribution in [2.24, 2.45) is 0 Å². The van der Waals surface area contributed by atoms with Gasteiger partial charge < -0.3 is 9.88 Å². The molecule has 28 heavy (non-hydrogen) atoms. The fourth-order valence-corrected chi connectivity index (χ4v) is 3.63. The molecule has 0 aliphatic heterocycles. The van der Waals surface area contributed by atoms with E-state index in [1.54, 1.807) is 4.68 Å². The molecule has 0 aliphatic rings. The van der Waals surface area contributed by atoms with Crippen LogP contribution >= 0.6 is 11.8 Å². The molecule has 0 unspecified atom stereocenters. The number of amides is 1. The van der Waals surface area contributed by atoms with E-state index in [4.69, 9.17) is 0 Å². The van der Waals surface area contributed by atoms with Crippen molar-refractivity contribution in [2.45, 2.75) is 39.0 Å². The summed E-state index contributed by atoms with van der Waals surface area (Å²) in [5.41, 5.74) is 3.41. The molecule has 2 aromatic heterocycles. The molecular weight excluding hydrogens is 374 g/mol. The summed E-state index contributed by atoms with van der Waals surface area (Å²) in [5.74, 6) is 0.473. The van der Waals surface area contributed by atoms with Crippen molar-refractivity contribution in [3.8, 4) is 6.07 Å². The van der Waals surface area contributed by atoms with E-state index in [2.05, 4.69) is 26.9 Å². The number of thioether (sulfide) groups is 1. The molecule has 9 heteroatoms. The van der Waals surface area contributed by atoms with E-state index in [1.165, 1.54) is 11.8 Å². The van der Waals surface area contributed by atoms with Gasteiger partial charge in [-0.2, -0.15) is 5.26 Å². The van der Waals surface area contributed by atoms with Crippen molar-refractivity contribution in [1.82, 2.24) is 24.8 Å². The number of tetrazole rings is 1. The highest BCUT2D eigenvalue weighted by Crippen LogP contribution is 2.27. The molecule has 0 saturated carbocycles. The van der Waals surface area contributed by atoms with Gasteiger partial charge in [-0.25, -0.2) is 4.68 Å². The normalized spacial score (nSPS) is 10.6. The number of benzene rings is 1. The van der Waals surface area contributed by atoms with Gasteiger partial charge >= 0.3 is 0 Å². The lowest BCUT2D eigenvalue weighted by atomic mass is 10.2. The molecule has 0 radical (unpaired) electrons. The van der Waals surface area contributed by atoms with Crippen LogP contribution in [0.2, 0.25) is 0 Å². The average molecular weight is 395 g/mol. The maximum absolute atomic E-state index is 12.6. The molecule has 0 spiro atoms. The Morgan fingerprint density at radius 1 is 1.29 bits per heavy atom. The number of hydrogen-bond donors (Lipinski definition) is 1. The van der Waals surface area contributed by atoms with Crippen molar-refractivity contribution in [3.05, 3.63) is 52.7 Å². The minimum Gasteiger partial charge on any atom is -0.326 e. The predicted octanol–water partition coefficient (Wildman–Crippen LogP) is 2.76. The lowest BCUT2D eigenvalue weighted by molar-refractivity contribution is -0.113. The summed E-state index contributed by atoms with van der Waals surface area (Å²) in [6.07, 6.45) is 0. The first-order valence-corrected chi connectivity index (χ1v) is 9.86. The van der Waals surface area contributed by atoms with Gasteiger partial charge in [-0.3, -0.25) is 4.79 Å². The molecule has 0 bridgehead atoms. The van der Waals surface area contributed by atoms with Gasteiger partial charge in [0.1, 0.15) is 11.9 Å². The second-order valence-corrected chi connectivity index (χ2v) is 7.17. The van der Waals surface area contributed by atoms with Crippen LogP contribution in [-0.2, 0) is 17.9 Å². The zero-order valence-corrected chi connectivity index (χ0v) is 16.8. The second-order valence-electron chi connectivity index (χ2n) is 6.23. The quantitative estimate of drug-likeness (QED) is 0.617. The standard InChI is InChI=1S/C19H21N7OS/c1-4-26-19(22-23-24-26)28-12-17(27)21-18-16(10-20)13(2)14(3)25(18)11-15-8-6-5-7-9-15/h5-9H,4,11-12H2,1-3H3,(H,21,27). The molecule has 0 aliphatic carbocycles. The monoisotopic (exact) mass is 395 g/mol. The molecule has 3 aromatic rings. The van der Waals surface area contributed by atoms with E-state index >= 15 is 0 Å². The maximum Gasteiger partial charge on any atom is 0.235 e. The Morgan fingerprint density at radius 3 is 2.71 bits per heavy atom. The Morgan fingerprint density at radius 2 is 2.04 bits per heavy atom. The Kier molecular flexibility index (Phi) is 6.11. The average Bonchev–Trinajstić information content (AvgIpc) is 3.25. The minimum atomic E-state index is -0.209. The first kappa shape index (κ1) is 19.6. The third-order valence-electron chi connectivity index (χ3n) is 4.51. The van der Waals surface area contributed by atoms with E-state index < -0.39 is 0 Å². The van der Waals surface area contributed by atoms with Crippen LogP contribution < -0.4 is 5.32 Å². The summed E-state index contributed by atoms with van der Waals surface area (Å²) in [5, 5.41) is 24.5. The third-order valence-corrected chi connectivity index (χ3v) is 5.47. The van der Waals surface area contributed by atoms with Crippen molar-refractivity contribution in [3.63, 3.8) is 0 Å². The van der Waals surface area contributed by atoms with Crippen LogP contribution in [-0.4, -0.2) is 36.4 Å². The van der Waals surface area contributed by atoms with Crippen LogP contribution in [0.25, 0.3) is 0 Å². The molecule has 0 fully saturated rings. The Bertz CT molecular complexity index is 1020. The first-order valence-electron chi connectivity index (χ1n) is 8.87. The number of carbonyl (C=O) groups is 1. The van der Waals surface area contributed by atoms with E-state index in [-0.39, 0.29) is 11.7 Å². The Balaban J connectivity index is 1.81. The van der Waals surface area contributed by atoms with Gasteiger partial charge in [0.05, 0.1) is 11.3 Å². The summed E-state index contributed by atoms with van der Waals surface area (Å²) in [4.78, 5) is 12.6. The van der Waals surface area contributed by atoms with Crippen LogP contribution in [0.4, 0.5) is 5.82 Å². The van der Waals surface area contributed by atoms with Crippen LogP contribution in [0.1, 0.15) is 29.3 Å². The summed E-state index contributed by atoms with van der Waals surface area (Å²) >= 11 is 1.26. The molecule has 144 valence electrons. The molecule has 1 aromatic carbocycles. The summed E-state index contributed by atoms with van der Waals surface area (Å²) in [6, 6.07) is 12.2. The Labute approximate surface area is 167 Å². The third kappa shape index (κ3) is 4.07. The minimum absolute atomic E-state index is 0.153. The number of aryl methyl sites for hydroxylation is 1. The second kappa shape index (κ2) is 8.71. The lowest BCUT2D eigenvalue weighted by Crippen LogP contribution is -2.19. The number of rotatable bonds is 7. The topological polar surface area (TPSA) is 101 Å². The summed E-state index contributed by atoms with van der Waals surface area (Å²) in [6.45, 7) is 7.00. The van der Waals surface area contributed by atoms with Crippen molar-refractivity contribution >= 4 is 23.5 Å². The van der Waals surface area contributed by atoms with E-state index in [0.717, 1.165) is 16.8 Å². The molecular formula is C19H21N7OS. The smallest absolute Gasteiger partial charge is 0.235 e. The highest BCUT2D eigenvalue weighted by molar-refractivity contribution is 7.99. The largest absolute Gasteiger partial charge is 0.326 e. The number of nitrogens with zero attached hydrogens (tertiary/aromatic N) is 6. The number of hydrogen-bond acceptors (Lipinski definition) is 6. The molecule has 0 saturated heterocycles. The maximum atomic E-state index is 12.6. The SMILES string of the molecule is CCn1nnnc1SCC(=O)Nc1c(C#N)c(C)c(C)n1Cc1ccccc1. The molecule has 1 N–H and O–H groups in total. The first-order chi connectivity index (χ1) is 13.5. The van der Waals surface area contributed by atoms with Crippen LogP contribution in [0.5, 0.6) is 0 Å². The molecule has 3 rings (SSSR count). The van der Waals surface area contributed by atoms with Gasteiger partial charge in [0, 0.05) is 18.8 Å². The highest BCUT2D eigenvalue weighted by atomic mass is 32.2. The Hall–Kier alpha value is -3.12. The molecule has 1 amide bonds. The van der Waals surface area contributed by atoms with Gasteiger partial charge in [-0.15, -0.1) is 5.10 Å². The molecule has 8 nitrogen and oxygen atoms in total. The fraction of sp³-hybridized carbons (Fsp3) is 0.316. The molecule has 0 atom stereocenters. The van der Waals surface area contributed by atoms with E-state index in [1.807, 2.05) is 55.7 Å². The number of carbonyl (C=O) groups excluding carboxylic acids is 1. The van der Waals surface area contributed by atoms with Gasteiger partial charge in [0.2, 0.25) is 11.1 Å². The number of nitrogens with one attached hydrogen (secondary N) is 1. The fourth-order valence-electron chi connectivity index (χ4n) is 2.89. The van der Waals surface area contributed by atoms with Crippen LogP contribution in [0.3, 0.4) is 0 Å². The van der Waals surface area contributed by atoms with Gasteiger partial charge in [0.25, 0.3) is 0 Å². The van der Waals surface area contributed by atoms with Crippen molar-refractivity contribution in [2.75, 3.05) is 11.1 Å². The number of anilines is 1. The summed E-state index contributed by atoms with van der Waals surface area (Å²) < 4.78 is 3.60. The lowest BCUT2D eigenvalue weighted by Gasteiger charge is -2.13. The van der Waals surface area contributed by atoms with Gasteiger partial charge in [-0.1, -0.05) is 42.1 Å².